The van der Waals surface area contributed by atoms with Crippen molar-refractivity contribution in [3.8, 4) is 11.5 Å². The van der Waals surface area contributed by atoms with Crippen LogP contribution in [0.3, 0.4) is 0 Å². The average Bonchev–Trinajstić information content (AvgIpc) is 2.82. The van der Waals surface area contributed by atoms with Crippen LogP contribution in [0.25, 0.3) is 0 Å². The number of ether oxygens (including phenoxy) is 2. The number of methoxy groups -OCH3 is 2. The highest BCUT2D eigenvalue weighted by Gasteiger charge is 2.22. The van der Waals surface area contributed by atoms with Crippen molar-refractivity contribution in [3.05, 3.63) is 28.4 Å². The molecule has 1 heterocycles. The number of rotatable bonds is 5. The Labute approximate surface area is 130 Å². The van der Waals surface area contributed by atoms with Gasteiger partial charge in [0.1, 0.15) is 4.90 Å². The summed E-state index contributed by atoms with van der Waals surface area (Å²) in [5.41, 5.74) is 0.749. The fourth-order valence-corrected chi connectivity index (χ4v) is 3.73. The van der Waals surface area contributed by atoms with Gasteiger partial charge in [-0.15, -0.1) is 0 Å². The van der Waals surface area contributed by atoms with E-state index in [9.17, 15) is 8.42 Å². The monoisotopic (exact) mass is 375 g/mol. The van der Waals surface area contributed by atoms with E-state index >= 15 is 0 Å². The number of aromatic amines is 1. The van der Waals surface area contributed by atoms with Crippen molar-refractivity contribution in [1.82, 2.24) is 10.2 Å². The Bertz CT molecular complexity index is 758. The van der Waals surface area contributed by atoms with Gasteiger partial charge in [-0.1, -0.05) is 0 Å². The molecule has 0 amide bonds. The molecule has 21 heavy (non-hydrogen) atoms. The van der Waals surface area contributed by atoms with Gasteiger partial charge in [0.25, 0.3) is 10.0 Å². The van der Waals surface area contributed by atoms with Gasteiger partial charge in [0, 0.05) is 22.3 Å². The van der Waals surface area contributed by atoms with Gasteiger partial charge in [0.15, 0.2) is 17.3 Å². The van der Waals surface area contributed by atoms with E-state index in [1.54, 1.807) is 13.0 Å². The molecular weight excluding hydrogens is 362 g/mol. The number of hydrogen-bond acceptors (Lipinski definition) is 5. The molecule has 0 aliphatic rings. The van der Waals surface area contributed by atoms with Crippen molar-refractivity contribution in [2.75, 3.05) is 18.9 Å². The van der Waals surface area contributed by atoms with Gasteiger partial charge in [-0.05, 0) is 28.9 Å². The third-order valence-electron chi connectivity index (χ3n) is 2.67. The Morgan fingerprint density at radius 2 is 1.81 bits per heavy atom. The Kier molecular flexibility index (Phi) is 4.43. The number of halogens is 1. The van der Waals surface area contributed by atoms with Crippen molar-refractivity contribution >= 4 is 31.8 Å². The second-order valence-electron chi connectivity index (χ2n) is 4.18. The molecular formula is C12H14BrN3O4S. The van der Waals surface area contributed by atoms with Crippen LogP contribution >= 0.6 is 15.9 Å². The smallest absolute Gasteiger partial charge is 0.264 e. The fourth-order valence-electron chi connectivity index (χ4n) is 1.70. The number of benzene rings is 1. The van der Waals surface area contributed by atoms with Crippen molar-refractivity contribution in [1.29, 1.82) is 0 Å². The lowest BCUT2D eigenvalue weighted by atomic mass is 10.3. The van der Waals surface area contributed by atoms with Crippen LogP contribution in [0.4, 0.5) is 5.82 Å². The van der Waals surface area contributed by atoms with E-state index in [-0.39, 0.29) is 10.7 Å². The number of aromatic nitrogens is 2. The maximum atomic E-state index is 12.4. The number of anilines is 1. The minimum absolute atomic E-state index is 0.0285. The Morgan fingerprint density at radius 3 is 2.33 bits per heavy atom. The number of H-pyrrole nitrogens is 1. The molecule has 1 aromatic heterocycles. The van der Waals surface area contributed by atoms with Crippen LogP contribution in [-0.4, -0.2) is 32.8 Å². The van der Waals surface area contributed by atoms with E-state index in [4.69, 9.17) is 9.47 Å². The number of sulfonamides is 1. The molecule has 0 saturated heterocycles. The summed E-state index contributed by atoms with van der Waals surface area (Å²) in [4.78, 5) is 0.0285. The molecule has 0 atom stereocenters. The van der Waals surface area contributed by atoms with Gasteiger partial charge in [-0.2, -0.15) is 5.10 Å². The summed E-state index contributed by atoms with van der Waals surface area (Å²) in [7, 11) is -0.891. The van der Waals surface area contributed by atoms with Gasteiger partial charge >= 0.3 is 0 Å². The highest BCUT2D eigenvalue weighted by molar-refractivity contribution is 9.10. The van der Waals surface area contributed by atoms with Crippen molar-refractivity contribution in [3.63, 3.8) is 0 Å². The molecule has 0 aliphatic heterocycles. The van der Waals surface area contributed by atoms with E-state index in [2.05, 4.69) is 30.8 Å². The zero-order chi connectivity index (χ0) is 15.6. The van der Waals surface area contributed by atoms with E-state index in [0.29, 0.717) is 16.0 Å². The largest absolute Gasteiger partial charge is 0.493 e. The second kappa shape index (κ2) is 5.94. The lowest BCUT2D eigenvalue weighted by molar-refractivity contribution is 0.353. The van der Waals surface area contributed by atoms with Crippen molar-refractivity contribution in [2.24, 2.45) is 0 Å². The molecule has 9 heteroatoms. The third kappa shape index (κ3) is 3.30. The Morgan fingerprint density at radius 1 is 1.19 bits per heavy atom. The molecule has 0 radical (unpaired) electrons. The molecule has 0 unspecified atom stereocenters. The minimum Gasteiger partial charge on any atom is -0.493 e. The number of nitrogens with zero attached hydrogens (tertiary/aromatic N) is 1. The molecule has 2 rings (SSSR count). The van der Waals surface area contributed by atoms with Gasteiger partial charge < -0.3 is 9.47 Å². The number of aryl methyl sites for hydroxylation is 1. The lowest BCUT2D eigenvalue weighted by Crippen LogP contribution is -2.14. The normalized spacial score (nSPS) is 11.2. The van der Waals surface area contributed by atoms with Gasteiger partial charge in [-0.25, -0.2) is 8.42 Å². The van der Waals surface area contributed by atoms with Crippen LogP contribution in [0, 0.1) is 6.92 Å². The van der Waals surface area contributed by atoms with E-state index in [0.717, 1.165) is 5.69 Å². The van der Waals surface area contributed by atoms with Crippen molar-refractivity contribution in [2.45, 2.75) is 11.8 Å². The Balaban J connectivity index is 2.44. The first-order valence-electron chi connectivity index (χ1n) is 5.83. The van der Waals surface area contributed by atoms with Crippen LogP contribution in [-0.2, 0) is 10.0 Å². The lowest BCUT2D eigenvalue weighted by Gasteiger charge is -2.12. The SMILES string of the molecule is COc1cc(Br)c(S(=O)(=O)Nc2cc(C)[nH]n2)cc1OC. The highest BCUT2D eigenvalue weighted by atomic mass is 79.9. The van der Waals surface area contributed by atoms with Crippen LogP contribution in [0.15, 0.2) is 27.6 Å². The quantitative estimate of drug-likeness (QED) is 0.835. The zero-order valence-electron chi connectivity index (χ0n) is 11.6. The van der Waals surface area contributed by atoms with Crippen LogP contribution in [0.2, 0.25) is 0 Å². The summed E-state index contributed by atoms with van der Waals surface area (Å²) in [6, 6.07) is 4.50. The van der Waals surface area contributed by atoms with E-state index in [1.807, 2.05) is 0 Å². The molecule has 2 aromatic rings. The average molecular weight is 376 g/mol. The summed E-state index contributed by atoms with van der Waals surface area (Å²) >= 11 is 3.22. The first kappa shape index (κ1) is 15.6. The molecule has 0 saturated carbocycles. The molecule has 0 fully saturated rings. The molecule has 0 aliphatic carbocycles. The second-order valence-corrected chi connectivity index (χ2v) is 6.68. The summed E-state index contributed by atoms with van der Waals surface area (Å²) in [5, 5.41) is 6.51. The topological polar surface area (TPSA) is 93.3 Å². The van der Waals surface area contributed by atoms with Crippen LogP contribution < -0.4 is 14.2 Å². The molecule has 0 bridgehead atoms. The van der Waals surface area contributed by atoms with Crippen LogP contribution in [0.1, 0.15) is 5.69 Å². The van der Waals surface area contributed by atoms with Gasteiger partial charge in [0.2, 0.25) is 0 Å². The maximum absolute atomic E-state index is 12.4. The molecule has 1 aromatic carbocycles. The molecule has 114 valence electrons. The summed E-state index contributed by atoms with van der Waals surface area (Å²) in [6.07, 6.45) is 0. The van der Waals surface area contributed by atoms with Crippen molar-refractivity contribution < 1.29 is 17.9 Å². The number of nitrogens with one attached hydrogen (secondary N) is 2. The first-order valence-corrected chi connectivity index (χ1v) is 8.11. The fraction of sp³-hybridized carbons (Fsp3) is 0.250. The van der Waals surface area contributed by atoms with E-state index in [1.165, 1.54) is 26.4 Å². The summed E-state index contributed by atoms with van der Waals surface area (Å²) in [6.45, 7) is 1.77. The third-order valence-corrected chi connectivity index (χ3v) is 4.99. The van der Waals surface area contributed by atoms with E-state index < -0.39 is 10.0 Å². The Hall–Kier alpha value is -1.74. The van der Waals surface area contributed by atoms with Crippen LogP contribution in [0.5, 0.6) is 11.5 Å². The highest BCUT2D eigenvalue weighted by Crippen LogP contribution is 2.36. The maximum Gasteiger partial charge on any atom is 0.264 e. The molecule has 7 nitrogen and oxygen atoms in total. The summed E-state index contributed by atoms with van der Waals surface area (Å²) in [5.74, 6) is 0.965. The van der Waals surface area contributed by atoms with Gasteiger partial charge in [-0.3, -0.25) is 9.82 Å². The predicted molar refractivity (Wildman–Crippen MR) is 81.4 cm³/mol. The van der Waals surface area contributed by atoms with Gasteiger partial charge in [0.05, 0.1) is 14.2 Å². The first-order chi connectivity index (χ1) is 9.87. The standard InChI is InChI=1S/C12H14BrN3O4S/c1-7-4-12(15-14-7)16-21(17,18)11-6-10(20-3)9(19-2)5-8(11)13/h4-6H,1-3H3,(H2,14,15,16). The molecule has 0 spiro atoms. The number of hydrogen-bond donors (Lipinski definition) is 2. The molecule has 2 N–H and O–H groups in total. The summed E-state index contributed by atoms with van der Waals surface area (Å²) < 4.78 is 37.8. The predicted octanol–water partition coefficient (Wildman–Crippen LogP) is 2.30. The zero-order valence-corrected chi connectivity index (χ0v) is 14.0. The minimum atomic E-state index is -3.80.